The zero-order valence-corrected chi connectivity index (χ0v) is 46.0. The van der Waals surface area contributed by atoms with E-state index in [1.165, 1.54) is 128 Å². The summed E-state index contributed by atoms with van der Waals surface area (Å²) in [6.45, 7) is -0.0633. The van der Waals surface area contributed by atoms with Gasteiger partial charge in [0.15, 0.2) is 11.6 Å². The van der Waals surface area contributed by atoms with E-state index in [0.717, 1.165) is 16.4 Å². The van der Waals surface area contributed by atoms with Gasteiger partial charge in [0.1, 0.15) is 41.4 Å². The van der Waals surface area contributed by atoms with E-state index in [4.69, 9.17) is 23.5 Å². The molecule has 11 rings (SSSR count). The van der Waals surface area contributed by atoms with Crippen LogP contribution < -0.4 is 34.4 Å². The van der Waals surface area contributed by atoms with Crippen LogP contribution in [0.15, 0.2) is 162 Å². The van der Waals surface area contributed by atoms with Gasteiger partial charge in [-0.25, -0.2) is 47.5 Å². The minimum atomic E-state index is -4.64. The fourth-order valence-corrected chi connectivity index (χ4v) is 12.0. The molecule has 0 atom stereocenters. The number of hydrogen-bond donors (Lipinski definition) is 1. The molecule has 0 amide bonds. The standard InChI is InChI=1S/C31H26F3N3O6S.C23H18F3N3O5S.C2HF3O/c1-41-22-6-3-19(4-7-22)18-36(29-11-12-43-35-29)44(39,40)23-8-9-26-20(13-23)5-10-30(38)37(26)27-15-25(32)24(14-28(27)42-2)21-16-31(33,34)17-21;1-33-20-9-16(14-11-23(25,26)12-14)17(24)10-19(20)29-18-4-3-15(8-13(18)2-5-22(29)30)35(31,32)28-21-6-7-34-27-21;3-2(4,5)1-6/h3-15,21H,16-18H2,1-2H3;2-10,14H,11-12H2,1H3,(H,27,28);1H. The molecule has 29 heteroatoms. The molecule has 0 unspecified atom stereocenters. The van der Waals surface area contributed by atoms with E-state index in [1.54, 1.807) is 24.3 Å². The molecular weight excluding hydrogens is 1180 g/mol. The molecule has 2 fully saturated rings. The number of carbonyl (C=O) groups is 1. The van der Waals surface area contributed by atoms with Crippen molar-refractivity contribution in [2.45, 2.75) is 71.9 Å². The third-order valence-corrected chi connectivity index (χ3v) is 16.8. The van der Waals surface area contributed by atoms with Crippen molar-refractivity contribution in [3.63, 3.8) is 0 Å². The lowest BCUT2D eigenvalue weighted by Gasteiger charge is -2.35. The molecule has 4 heterocycles. The average molecular weight is 1230 g/mol. The predicted octanol–water partition coefficient (Wildman–Crippen LogP) is 11.2. The van der Waals surface area contributed by atoms with E-state index in [-0.39, 0.29) is 67.5 Å². The Morgan fingerprint density at radius 1 is 0.635 bits per heavy atom. The van der Waals surface area contributed by atoms with E-state index in [2.05, 4.69) is 19.6 Å². The van der Waals surface area contributed by atoms with E-state index < -0.39 is 105 Å². The molecule has 85 heavy (non-hydrogen) atoms. The number of aldehydes is 1. The highest BCUT2D eigenvalue weighted by Gasteiger charge is 2.48. The molecule has 2 saturated carbocycles. The van der Waals surface area contributed by atoms with E-state index in [0.29, 0.717) is 27.6 Å². The topological polar surface area (TPSA) is 224 Å². The first-order chi connectivity index (χ1) is 40.1. The predicted molar refractivity (Wildman–Crippen MR) is 288 cm³/mol. The number of aromatic nitrogens is 4. The van der Waals surface area contributed by atoms with Crippen LogP contribution in [0, 0.1) is 11.6 Å². The second-order valence-electron chi connectivity index (χ2n) is 19.3. The largest absolute Gasteiger partial charge is 0.497 e. The Bertz CT molecular complexity index is 4300. The van der Waals surface area contributed by atoms with Crippen LogP contribution in [-0.4, -0.2) is 81.9 Å². The molecule has 0 radical (unpaired) electrons. The van der Waals surface area contributed by atoms with Gasteiger partial charge in [0, 0.05) is 72.9 Å². The van der Waals surface area contributed by atoms with Gasteiger partial charge in [0.25, 0.3) is 31.2 Å². The molecular formula is C56H45F9N6O12S2. The molecule has 0 bridgehead atoms. The smallest absolute Gasteiger partial charge is 0.446 e. The average Bonchev–Trinajstić information content (AvgIpc) is 1.24. The number of halogens is 9. The van der Waals surface area contributed by atoms with Gasteiger partial charge >= 0.3 is 6.18 Å². The second kappa shape index (κ2) is 23.5. The Labute approximate surface area is 475 Å². The Hall–Kier alpha value is -9.12. The number of hydrogen-bond acceptors (Lipinski definition) is 14. The first-order valence-electron chi connectivity index (χ1n) is 25.0. The number of alkyl halides is 7. The molecule has 9 aromatic rings. The van der Waals surface area contributed by atoms with Gasteiger partial charge in [0.05, 0.1) is 60.1 Å². The Morgan fingerprint density at radius 3 is 1.53 bits per heavy atom. The first kappa shape index (κ1) is 60.5. The minimum absolute atomic E-state index is 0.000376. The number of anilines is 2. The Balaban J connectivity index is 0.000000190. The quantitative estimate of drug-likeness (QED) is 0.0745. The summed E-state index contributed by atoms with van der Waals surface area (Å²) in [4.78, 5) is 34.4. The fraction of sp³-hybridized carbons (Fsp3) is 0.232. The van der Waals surface area contributed by atoms with E-state index in [9.17, 15) is 61.5 Å². The lowest BCUT2D eigenvalue weighted by atomic mass is 9.76. The molecule has 0 saturated heterocycles. The Morgan fingerprint density at radius 2 is 1.11 bits per heavy atom. The SMILES string of the molecule is COc1cc(C2CC(F)(F)C2)c(F)cc1-n1c(=O)ccc2cc(S(=O)(=O)Nc3ccon3)ccc21.COc1ccc(CN(c2ccon2)S(=O)(=O)c2ccc3c(ccc(=O)n3-c3cc(F)c(C4CC(F)(F)C4)cc3OC)c2)cc1.O=CC(F)(F)F. The molecule has 5 aromatic carbocycles. The normalized spacial score (nSPS) is 14.9. The third-order valence-electron chi connectivity index (χ3n) is 13.7. The number of nitrogens with one attached hydrogen (secondary N) is 1. The number of pyridine rings is 2. The van der Waals surface area contributed by atoms with Gasteiger partial charge in [-0.2, -0.15) is 13.2 Å². The van der Waals surface area contributed by atoms with Crippen molar-refractivity contribution >= 4 is 59.8 Å². The molecule has 2 aliphatic carbocycles. The molecule has 0 aliphatic heterocycles. The van der Waals surface area contributed by atoms with Crippen molar-refractivity contribution in [2.75, 3.05) is 30.4 Å². The van der Waals surface area contributed by atoms with Crippen LogP contribution in [0.1, 0.15) is 54.2 Å². The molecule has 2 aliphatic rings. The lowest BCUT2D eigenvalue weighted by Crippen LogP contribution is -2.34. The van der Waals surface area contributed by atoms with Crippen LogP contribution in [0.25, 0.3) is 33.2 Å². The number of benzene rings is 5. The number of nitrogens with zero attached hydrogens (tertiary/aromatic N) is 5. The number of fused-ring (bicyclic) bond motifs is 2. The van der Waals surface area contributed by atoms with Gasteiger partial charge in [-0.1, -0.05) is 22.4 Å². The molecule has 0 spiro atoms. The molecule has 446 valence electrons. The van der Waals surface area contributed by atoms with Gasteiger partial charge in [-0.3, -0.25) is 28.2 Å². The van der Waals surface area contributed by atoms with Crippen molar-refractivity contribution in [1.82, 2.24) is 19.4 Å². The van der Waals surface area contributed by atoms with E-state index >= 15 is 4.39 Å². The summed E-state index contributed by atoms with van der Waals surface area (Å²) in [6, 6.07) is 28.0. The van der Waals surface area contributed by atoms with Crippen LogP contribution in [0.2, 0.25) is 0 Å². The van der Waals surface area contributed by atoms with E-state index in [1.807, 2.05) is 0 Å². The number of sulfonamides is 2. The number of methoxy groups -OCH3 is 3. The Kier molecular flexibility index (Phi) is 16.7. The summed E-state index contributed by atoms with van der Waals surface area (Å²) >= 11 is 0. The maximum absolute atomic E-state index is 15.3. The first-order valence-corrected chi connectivity index (χ1v) is 27.9. The highest BCUT2D eigenvalue weighted by Crippen LogP contribution is 2.51. The van der Waals surface area contributed by atoms with Crippen molar-refractivity contribution in [3.05, 3.63) is 183 Å². The van der Waals surface area contributed by atoms with Gasteiger partial charge in [-0.15, -0.1) is 0 Å². The van der Waals surface area contributed by atoms with Crippen molar-refractivity contribution in [3.8, 4) is 28.6 Å². The molecule has 4 aromatic heterocycles. The zero-order valence-electron chi connectivity index (χ0n) is 44.3. The highest BCUT2D eigenvalue weighted by atomic mass is 32.2. The van der Waals surface area contributed by atoms with Gasteiger partial charge < -0.3 is 23.3 Å². The lowest BCUT2D eigenvalue weighted by molar-refractivity contribution is -0.156. The van der Waals surface area contributed by atoms with Crippen LogP contribution in [0.4, 0.5) is 51.1 Å². The van der Waals surface area contributed by atoms with Gasteiger partial charge in [0.2, 0.25) is 18.1 Å². The number of rotatable bonds is 15. The maximum atomic E-state index is 15.3. The minimum Gasteiger partial charge on any atom is -0.497 e. The third kappa shape index (κ3) is 13.0. The maximum Gasteiger partial charge on any atom is 0.446 e. The monoisotopic (exact) mass is 1230 g/mol. The summed E-state index contributed by atoms with van der Waals surface area (Å²) < 4.78 is 200. The molecule has 1 N–H and O–H groups in total. The van der Waals surface area contributed by atoms with Crippen molar-refractivity contribution in [1.29, 1.82) is 0 Å². The fourth-order valence-electron chi connectivity index (χ4n) is 9.56. The number of ether oxygens (including phenoxy) is 3. The van der Waals surface area contributed by atoms with Crippen LogP contribution in [0.3, 0.4) is 0 Å². The summed E-state index contributed by atoms with van der Waals surface area (Å²) in [7, 11) is -4.03. The number of carbonyl (C=O) groups excluding carboxylic acids is 1. The zero-order chi connectivity index (χ0) is 61.4. The summed E-state index contributed by atoms with van der Waals surface area (Å²) in [5.41, 5.74) is 0.475. The van der Waals surface area contributed by atoms with Crippen LogP contribution >= 0.6 is 0 Å². The summed E-state index contributed by atoms with van der Waals surface area (Å²) in [5, 5.41) is 8.09. The second-order valence-corrected chi connectivity index (χ2v) is 22.9. The van der Waals surface area contributed by atoms with Crippen molar-refractivity contribution in [2.24, 2.45) is 0 Å². The van der Waals surface area contributed by atoms with Crippen molar-refractivity contribution < 1.29 is 84.4 Å². The highest BCUT2D eigenvalue weighted by molar-refractivity contribution is 7.93. The summed E-state index contributed by atoms with van der Waals surface area (Å²) in [6.07, 6.45) is -5.08. The van der Waals surface area contributed by atoms with Crippen LogP contribution in [0.5, 0.6) is 17.2 Å². The van der Waals surface area contributed by atoms with Gasteiger partial charge in [-0.05, 0) is 101 Å². The molecule has 18 nitrogen and oxygen atoms in total. The van der Waals surface area contributed by atoms with Crippen LogP contribution in [-0.2, 0) is 31.4 Å². The summed E-state index contributed by atoms with van der Waals surface area (Å²) in [5.74, 6) is -7.56.